The summed E-state index contributed by atoms with van der Waals surface area (Å²) in [6.07, 6.45) is -0.421. The second-order valence-electron chi connectivity index (χ2n) is 3.33. The SMILES string of the molecule is CCOC(OCC)c1cccc(OC)c1OC. The highest BCUT2D eigenvalue weighted by molar-refractivity contribution is 5.47. The Bertz CT molecular complexity index is 332. The molecule has 0 fully saturated rings. The number of methoxy groups -OCH3 is 2. The lowest BCUT2D eigenvalue weighted by molar-refractivity contribution is -0.141. The summed E-state index contributed by atoms with van der Waals surface area (Å²) in [6, 6.07) is 5.65. The van der Waals surface area contributed by atoms with Crippen LogP contribution >= 0.6 is 0 Å². The molecular formula is C13H20O4. The van der Waals surface area contributed by atoms with Crippen molar-refractivity contribution in [2.45, 2.75) is 20.1 Å². The Kier molecular flexibility index (Phi) is 5.80. The molecule has 17 heavy (non-hydrogen) atoms. The lowest BCUT2D eigenvalue weighted by Crippen LogP contribution is -2.10. The van der Waals surface area contributed by atoms with Gasteiger partial charge in [0.15, 0.2) is 17.8 Å². The monoisotopic (exact) mass is 240 g/mol. The van der Waals surface area contributed by atoms with Crippen LogP contribution in [-0.2, 0) is 9.47 Å². The molecule has 0 aliphatic carbocycles. The van der Waals surface area contributed by atoms with Crippen molar-refractivity contribution in [2.75, 3.05) is 27.4 Å². The Balaban J connectivity index is 3.07. The number of para-hydroxylation sites is 1. The zero-order valence-corrected chi connectivity index (χ0v) is 10.9. The minimum atomic E-state index is -0.421. The summed E-state index contributed by atoms with van der Waals surface area (Å²) >= 11 is 0. The maximum atomic E-state index is 5.55. The van der Waals surface area contributed by atoms with Gasteiger partial charge in [-0.05, 0) is 26.0 Å². The summed E-state index contributed by atoms with van der Waals surface area (Å²) in [6.45, 7) is 5.01. The van der Waals surface area contributed by atoms with E-state index in [1.807, 2.05) is 32.0 Å². The van der Waals surface area contributed by atoms with E-state index in [0.29, 0.717) is 24.7 Å². The summed E-state index contributed by atoms with van der Waals surface area (Å²) in [5, 5.41) is 0. The van der Waals surface area contributed by atoms with Crippen LogP contribution in [0.15, 0.2) is 18.2 Å². The van der Waals surface area contributed by atoms with E-state index < -0.39 is 6.29 Å². The van der Waals surface area contributed by atoms with Crippen LogP contribution in [0.3, 0.4) is 0 Å². The minimum Gasteiger partial charge on any atom is -0.493 e. The Morgan fingerprint density at radius 1 is 1.00 bits per heavy atom. The van der Waals surface area contributed by atoms with E-state index in [1.54, 1.807) is 14.2 Å². The maximum Gasteiger partial charge on any atom is 0.187 e. The Labute approximate surface area is 102 Å². The van der Waals surface area contributed by atoms with Crippen molar-refractivity contribution in [3.63, 3.8) is 0 Å². The summed E-state index contributed by atoms with van der Waals surface area (Å²) in [5.74, 6) is 1.33. The average Bonchev–Trinajstić information content (AvgIpc) is 2.37. The van der Waals surface area contributed by atoms with E-state index in [1.165, 1.54) is 0 Å². The summed E-state index contributed by atoms with van der Waals surface area (Å²) in [7, 11) is 3.22. The van der Waals surface area contributed by atoms with Gasteiger partial charge in [0.1, 0.15) is 0 Å². The van der Waals surface area contributed by atoms with Crippen molar-refractivity contribution in [3.8, 4) is 11.5 Å². The molecule has 4 heteroatoms. The molecule has 0 atom stereocenters. The highest BCUT2D eigenvalue weighted by atomic mass is 16.7. The molecule has 1 aromatic rings. The molecule has 0 saturated heterocycles. The van der Waals surface area contributed by atoms with Gasteiger partial charge in [0.2, 0.25) is 0 Å². The highest BCUT2D eigenvalue weighted by Gasteiger charge is 2.19. The Morgan fingerprint density at radius 3 is 2.12 bits per heavy atom. The van der Waals surface area contributed by atoms with E-state index in [-0.39, 0.29) is 0 Å². The Morgan fingerprint density at radius 2 is 1.65 bits per heavy atom. The van der Waals surface area contributed by atoms with Crippen LogP contribution in [0.2, 0.25) is 0 Å². The largest absolute Gasteiger partial charge is 0.493 e. The fourth-order valence-electron chi connectivity index (χ4n) is 1.63. The maximum absolute atomic E-state index is 5.55. The molecule has 0 aliphatic rings. The molecule has 0 radical (unpaired) electrons. The van der Waals surface area contributed by atoms with E-state index in [0.717, 1.165) is 5.56 Å². The van der Waals surface area contributed by atoms with Crippen LogP contribution < -0.4 is 9.47 Å². The van der Waals surface area contributed by atoms with Crippen LogP contribution in [-0.4, -0.2) is 27.4 Å². The first kappa shape index (κ1) is 13.8. The van der Waals surface area contributed by atoms with E-state index >= 15 is 0 Å². The number of hydrogen-bond donors (Lipinski definition) is 0. The molecule has 4 nitrogen and oxygen atoms in total. The number of hydrogen-bond acceptors (Lipinski definition) is 4. The molecule has 0 N–H and O–H groups in total. The topological polar surface area (TPSA) is 36.9 Å². The third-order valence-electron chi connectivity index (χ3n) is 2.32. The number of rotatable bonds is 7. The minimum absolute atomic E-state index is 0.421. The summed E-state index contributed by atoms with van der Waals surface area (Å²) in [5.41, 5.74) is 0.843. The molecular weight excluding hydrogens is 220 g/mol. The van der Waals surface area contributed by atoms with Crippen molar-refractivity contribution >= 4 is 0 Å². The van der Waals surface area contributed by atoms with Crippen LogP contribution in [0.25, 0.3) is 0 Å². The van der Waals surface area contributed by atoms with Gasteiger partial charge in [-0.25, -0.2) is 0 Å². The van der Waals surface area contributed by atoms with Crippen molar-refractivity contribution in [2.24, 2.45) is 0 Å². The van der Waals surface area contributed by atoms with Crippen LogP contribution in [0.5, 0.6) is 11.5 Å². The molecule has 0 bridgehead atoms. The predicted octanol–water partition coefficient (Wildman–Crippen LogP) is 2.78. The third-order valence-corrected chi connectivity index (χ3v) is 2.32. The van der Waals surface area contributed by atoms with Crippen LogP contribution in [0.4, 0.5) is 0 Å². The van der Waals surface area contributed by atoms with Gasteiger partial charge in [-0.1, -0.05) is 6.07 Å². The predicted molar refractivity (Wildman–Crippen MR) is 65.5 cm³/mol. The molecule has 0 unspecified atom stereocenters. The van der Waals surface area contributed by atoms with E-state index in [2.05, 4.69) is 0 Å². The standard InChI is InChI=1S/C13H20O4/c1-5-16-13(17-6-2)10-8-7-9-11(14-3)12(10)15-4/h7-9,13H,5-6H2,1-4H3. The van der Waals surface area contributed by atoms with Gasteiger partial charge >= 0.3 is 0 Å². The quantitative estimate of drug-likeness (QED) is 0.687. The van der Waals surface area contributed by atoms with E-state index in [4.69, 9.17) is 18.9 Å². The van der Waals surface area contributed by atoms with Gasteiger partial charge in [0, 0.05) is 13.2 Å². The molecule has 0 heterocycles. The molecule has 0 amide bonds. The second-order valence-corrected chi connectivity index (χ2v) is 3.33. The molecule has 0 aliphatic heterocycles. The normalized spacial score (nSPS) is 10.6. The molecule has 1 rings (SSSR count). The highest BCUT2D eigenvalue weighted by Crippen LogP contribution is 2.36. The zero-order chi connectivity index (χ0) is 12.7. The second kappa shape index (κ2) is 7.14. The summed E-state index contributed by atoms with van der Waals surface area (Å²) in [4.78, 5) is 0. The first-order valence-corrected chi connectivity index (χ1v) is 5.72. The molecule has 96 valence electrons. The van der Waals surface area contributed by atoms with Gasteiger partial charge in [-0.3, -0.25) is 0 Å². The van der Waals surface area contributed by atoms with E-state index in [9.17, 15) is 0 Å². The van der Waals surface area contributed by atoms with Gasteiger partial charge in [-0.2, -0.15) is 0 Å². The van der Waals surface area contributed by atoms with Gasteiger partial charge in [-0.15, -0.1) is 0 Å². The molecule has 0 saturated carbocycles. The average molecular weight is 240 g/mol. The van der Waals surface area contributed by atoms with Crippen molar-refractivity contribution in [1.29, 1.82) is 0 Å². The smallest absolute Gasteiger partial charge is 0.187 e. The Hall–Kier alpha value is -1.26. The lowest BCUT2D eigenvalue weighted by atomic mass is 10.1. The van der Waals surface area contributed by atoms with Gasteiger partial charge < -0.3 is 18.9 Å². The van der Waals surface area contributed by atoms with Crippen LogP contribution in [0, 0.1) is 0 Å². The number of ether oxygens (including phenoxy) is 4. The molecule has 0 spiro atoms. The number of benzene rings is 1. The summed E-state index contributed by atoms with van der Waals surface area (Å²) < 4.78 is 21.7. The van der Waals surface area contributed by atoms with Gasteiger partial charge in [0.05, 0.1) is 19.8 Å². The third kappa shape index (κ3) is 3.35. The fraction of sp³-hybridized carbons (Fsp3) is 0.538. The van der Waals surface area contributed by atoms with Gasteiger partial charge in [0.25, 0.3) is 0 Å². The van der Waals surface area contributed by atoms with Crippen molar-refractivity contribution in [3.05, 3.63) is 23.8 Å². The first-order chi connectivity index (χ1) is 8.28. The first-order valence-electron chi connectivity index (χ1n) is 5.72. The molecule has 1 aromatic carbocycles. The lowest BCUT2D eigenvalue weighted by Gasteiger charge is -2.20. The van der Waals surface area contributed by atoms with Crippen molar-refractivity contribution < 1.29 is 18.9 Å². The fourth-order valence-corrected chi connectivity index (χ4v) is 1.63. The molecule has 0 aromatic heterocycles. The van der Waals surface area contributed by atoms with Crippen molar-refractivity contribution in [1.82, 2.24) is 0 Å². The van der Waals surface area contributed by atoms with Crippen LogP contribution in [0.1, 0.15) is 25.7 Å². The zero-order valence-electron chi connectivity index (χ0n) is 10.9.